The molecule has 3 atom stereocenters. The third kappa shape index (κ3) is 5.70. The molecule has 2 aliphatic heterocycles. The molecule has 0 aromatic heterocycles. The first kappa shape index (κ1) is 27.2. The first-order chi connectivity index (χ1) is 14.0. The number of hydrogen-bond donors (Lipinski definition) is 4. The number of carboxylic acids is 2. The summed E-state index contributed by atoms with van der Waals surface area (Å²) < 4.78 is 9.86. The Morgan fingerprint density at radius 1 is 1.42 bits per heavy atom. The van der Waals surface area contributed by atoms with Crippen LogP contribution in [0, 0.1) is 0 Å². The number of β-lactam (4-membered cyclic amide) rings is 1. The molecule has 13 nitrogen and oxygen atoms in total. The first-order valence-corrected chi connectivity index (χ1v) is 9.75. The van der Waals surface area contributed by atoms with Crippen LogP contribution in [0.25, 0.3) is 0 Å². The van der Waals surface area contributed by atoms with E-state index in [9.17, 15) is 29.1 Å². The second kappa shape index (κ2) is 11.2. The van der Waals surface area contributed by atoms with Crippen LogP contribution in [0.1, 0.15) is 19.3 Å². The van der Waals surface area contributed by atoms with Crippen LogP contribution < -0.4 is 51.4 Å². The van der Waals surface area contributed by atoms with Gasteiger partial charge in [-0.25, -0.2) is 4.79 Å². The fourth-order valence-electron chi connectivity index (χ4n) is 3.08. The number of nitrogens with two attached hydrogens (primary N) is 2. The van der Waals surface area contributed by atoms with Crippen molar-refractivity contribution in [2.45, 2.75) is 36.4 Å². The average Bonchev–Trinajstić information content (AvgIpc) is 2.68. The summed E-state index contributed by atoms with van der Waals surface area (Å²) in [5.41, 5.74) is 8.11. The summed E-state index contributed by atoms with van der Waals surface area (Å²) in [4.78, 5) is 59.0. The molecule has 166 valence electrons. The number of fused-ring (bicyclic) bond motifs is 1. The van der Waals surface area contributed by atoms with Gasteiger partial charge in [-0.1, -0.05) is 0 Å². The van der Waals surface area contributed by atoms with Crippen molar-refractivity contribution in [2.75, 3.05) is 19.5 Å². The normalized spacial score (nSPS) is 23.1. The maximum absolute atomic E-state index is 12.8. The number of rotatable bonds is 10. The van der Waals surface area contributed by atoms with Crippen LogP contribution in [0.4, 0.5) is 4.79 Å². The smallest absolute Gasteiger partial charge is 0.543 e. The average molecular weight is 468 g/mol. The van der Waals surface area contributed by atoms with E-state index in [-0.39, 0.29) is 60.1 Å². The molecule has 0 aliphatic carbocycles. The van der Waals surface area contributed by atoms with Gasteiger partial charge in [0.05, 0.1) is 11.7 Å². The Balaban J connectivity index is 0.00000480. The number of amides is 3. The monoisotopic (exact) mass is 468 g/mol. The van der Waals surface area contributed by atoms with E-state index in [0.29, 0.717) is 0 Å². The van der Waals surface area contributed by atoms with Crippen LogP contribution in [0.5, 0.6) is 0 Å². The molecule has 0 aromatic carbocycles. The summed E-state index contributed by atoms with van der Waals surface area (Å²) in [5, 5.41) is 21.9. The van der Waals surface area contributed by atoms with Gasteiger partial charge in [-0.15, -0.1) is 11.8 Å². The maximum atomic E-state index is 12.8. The fraction of sp³-hybridized carbons (Fsp3) is 0.562. The Morgan fingerprint density at radius 2 is 2.06 bits per heavy atom. The Labute approximate surface area is 203 Å². The number of aliphatic carboxylic acids is 2. The Kier molecular flexibility index (Phi) is 9.78. The number of methoxy groups -OCH3 is 1. The molecule has 15 heteroatoms. The van der Waals surface area contributed by atoms with Crippen molar-refractivity contribution in [3.05, 3.63) is 11.3 Å². The van der Waals surface area contributed by atoms with Crippen molar-refractivity contribution in [1.82, 2.24) is 10.2 Å². The fourth-order valence-corrected chi connectivity index (χ4v) is 4.50. The van der Waals surface area contributed by atoms with E-state index in [1.165, 1.54) is 7.11 Å². The molecule has 6 N–H and O–H groups in total. The van der Waals surface area contributed by atoms with Gasteiger partial charge in [0.1, 0.15) is 18.0 Å². The molecular formula is C16H21N4NaO9S. The van der Waals surface area contributed by atoms with Gasteiger partial charge < -0.3 is 41.3 Å². The van der Waals surface area contributed by atoms with E-state index in [1.54, 1.807) is 0 Å². The second-order valence-electron chi connectivity index (χ2n) is 6.51. The van der Waals surface area contributed by atoms with Crippen molar-refractivity contribution in [3.63, 3.8) is 0 Å². The van der Waals surface area contributed by atoms with Crippen LogP contribution in [0.2, 0.25) is 0 Å². The topological polar surface area (TPSA) is 214 Å². The van der Waals surface area contributed by atoms with Gasteiger partial charge in [0.15, 0.2) is 0 Å². The van der Waals surface area contributed by atoms with Gasteiger partial charge >= 0.3 is 41.6 Å². The van der Waals surface area contributed by atoms with Crippen molar-refractivity contribution >= 4 is 41.6 Å². The number of nitrogens with one attached hydrogen (secondary N) is 1. The minimum atomic E-state index is -1.80. The zero-order valence-corrected chi connectivity index (χ0v) is 19.7. The van der Waals surface area contributed by atoms with Gasteiger partial charge in [-0.3, -0.25) is 19.3 Å². The summed E-state index contributed by atoms with van der Waals surface area (Å²) in [7, 11) is 1.19. The standard InChI is InChI=1S/C16H22N4O9S.Na/c1-28-16(19-9(21)4-2-3-8(17)11(22)23)13(26)20-10(12(24)25)7(5-29-15(18)27)6-30-14(16)20;/h8,14H,2-6,17H2,1H3,(H2,18,27)(H,19,21)(H,22,23)(H,24,25);/q;+1/p-1/t8-,14-,16+;/m1./s1. The van der Waals surface area contributed by atoms with E-state index in [2.05, 4.69) is 10.1 Å². The summed E-state index contributed by atoms with van der Waals surface area (Å²) in [6.45, 7) is -0.432. The number of ether oxygens (including phenoxy) is 2. The molecule has 0 bridgehead atoms. The van der Waals surface area contributed by atoms with E-state index in [0.717, 1.165) is 16.7 Å². The van der Waals surface area contributed by atoms with Crippen LogP contribution in [-0.2, 0) is 28.7 Å². The second-order valence-corrected chi connectivity index (χ2v) is 7.58. The van der Waals surface area contributed by atoms with Crippen LogP contribution in [-0.4, -0.2) is 76.5 Å². The van der Waals surface area contributed by atoms with E-state index >= 15 is 0 Å². The number of carbonyl (C=O) groups excluding carboxylic acids is 4. The number of carboxylic acid groups (broad SMARTS) is 2. The molecule has 0 saturated carbocycles. The Bertz CT molecular complexity index is 808. The van der Waals surface area contributed by atoms with E-state index in [1.807, 2.05) is 0 Å². The molecule has 2 aliphatic rings. The predicted octanol–water partition coefficient (Wildman–Crippen LogP) is -5.95. The number of hydrogen-bond acceptors (Lipinski definition) is 10. The molecule has 31 heavy (non-hydrogen) atoms. The maximum Gasteiger partial charge on any atom is 1.00 e. The molecule has 1 saturated heterocycles. The number of thioether (sulfide) groups is 1. The summed E-state index contributed by atoms with van der Waals surface area (Å²) >= 11 is 1.09. The zero-order chi connectivity index (χ0) is 22.6. The molecule has 3 amide bonds. The number of primary amides is 1. The van der Waals surface area contributed by atoms with Gasteiger partial charge in [0, 0.05) is 24.9 Å². The van der Waals surface area contributed by atoms with Crippen molar-refractivity contribution in [1.29, 1.82) is 0 Å². The summed E-state index contributed by atoms with van der Waals surface area (Å²) in [5.74, 6) is -4.22. The predicted molar refractivity (Wildman–Crippen MR) is 98.0 cm³/mol. The van der Waals surface area contributed by atoms with E-state index in [4.69, 9.17) is 21.3 Å². The molecule has 0 aromatic rings. The minimum absolute atomic E-state index is 0. The summed E-state index contributed by atoms with van der Waals surface area (Å²) in [6.07, 6.45) is -1.00. The van der Waals surface area contributed by atoms with Gasteiger partial charge in [0.2, 0.25) is 5.91 Å². The summed E-state index contributed by atoms with van der Waals surface area (Å²) in [6, 6.07) is -1.11. The van der Waals surface area contributed by atoms with Gasteiger partial charge in [-0.2, -0.15) is 0 Å². The van der Waals surface area contributed by atoms with Crippen LogP contribution in [0.15, 0.2) is 11.3 Å². The van der Waals surface area contributed by atoms with E-state index < -0.39 is 59.3 Å². The molecule has 0 radical (unpaired) electrons. The number of carbonyl (C=O) groups is 5. The Morgan fingerprint density at radius 3 is 2.58 bits per heavy atom. The molecular weight excluding hydrogens is 447 g/mol. The largest absolute Gasteiger partial charge is 1.00 e. The molecule has 2 heterocycles. The van der Waals surface area contributed by atoms with Gasteiger partial charge in [-0.05, 0) is 12.8 Å². The quantitative estimate of drug-likeness (QED) is 0.134. The Hall–Kier alpha value is -1.84. The molecule has 0 unspecified atom stereocenters. The van der Waals surface area contributed by atoms with Crippen molar-refractivity contribution < 1.29 is 73.2 Å². The van der Waals surface area contributed by atoms with Crippen LogP contribution >= 0.6 is 11.8 Å². The van der Waals surface area contributed by atoms with Crippen molar-refractivity contribution in [2.24, 2.45) is 11.5 Å². The van der Waals surface area contributed by atoms with Crippen LogP contribution in [0.3, 0.4) is 0 Å². The first-order valence-electron chi connectivity index (χ1n) is 8.70. The SMILES string of the molecule is CO[C@@]1(NC(=O)CCC[C@@H](N)C(=O)O)C(=O)N2C(C(=O)[O-])=C(COC(N)=O)CS[C@@H]21.[Na+]. The minimum Gasteiger partial charge on any atom is -0.543 e. The number of nitrogens with zero attached hydrogens (tertiary/aromatic N) is 1. The van der Waals surface area contributed by atoms with Crippen molar-refractivity contribution in [3.8, 4) is 0 Å². The molecule has 1 fully saturated rings. The molecule has 0 spiro atoms. The zero-order valence-electron chi connectivity index (χ0n) is 16.9. The third-order valence-corrected chi connectivity index (χ3v) is 5.95. The molecule has 2 rings (SSSR count). The van der Waals surface area contributed by atoms with Gasteiger partial charge in [0.25, 0.3) is 11.6 Å². The third-order valence-electron chi connectivity index (χ3n) is 4.58.